The van der Waals surface area contributed by atoms with Crippen LogP contribution in [0.25, 0.3) is 21.8 Å². The molecule has 31 heavy (non-hydrogen) atoms. The van der Waals surface area contributed by atoms with Gasteiger partial charge in [-0.15, -0.1) is 0 Å². The van der Waals surface area contributed by atoms with Crippen LogP contribution >= 0.6 is 0 Å². The second-order valence-electron chi connectivity index (χ2n) is 7.30. The van der Waals surface area contributed by atoms with Gasteiger partial charge in [0.1, 0.15) is 6.54 Å². The fourth-order valence-electron chi connectivity index (χ4n) is 3.84. The first-order chi connectivity index (χ1) is 14.9. The highest BCUT2D eigenvalue weighted by Gasteiger charge is 2.29. The molecule has 7 nitrogen and oxygen atoms in total. The Morgan fingerprint density at radius 3 is 1.94 bits per heavy atom. The Labute approximate surface area is 179 Å². The van der Waals surface area contributed by atoms with E-state index in [9.17, 15) is 23.4 Å². The second-order valence-corrected chi connectivity index (χ2v) is 9.24. The summed E-state index contributed by atoms with van der Waals surface area (Å²) in [6, 6.07) is 23.2. The van der Waals surface area contributed by atoms with Crippen LogP contribution in [0.1, 0.15) is 0 Å². The number of para-hydroxylation sites is 2. The van der Waals surface area contributed by atoms with Gasteiger partial charge in [0.05, 0.1) is 17.5 Å². The van der Waals surface area contributed by atoms with Crippen LogP contribution in [0.3, 0.4) is 0 Å². The molecule has 0 aliphatic heterocycles. The minimum atomic E-state index is -4.07. The van der Waals surface area contributed by atoms with Crippen molar-refractivity contribution in [3.05, 3.63) is 78.9 Å². The number of fused-ring (bicyclic) bond motifs is 3. The Kier molecular flexibility index (Phi) is 5.77. The van der Waals surface area contributed by atoms with E-state index in [0.29, 0.717) is 0 Å². The quantitative estimate of drug-likeness (QED) is 0.441. The number of hydrogen-bond acceptors (Lipinski definition) is 4. The minimum absolute atomic E-state index is 0.0136. The predicted octanol–water partition coefficient (Wildman–Crippen LogP) is 2.93. The molecule has 0 spiro atoms. The van der Waals surface area contributed by atoms with E-state index in [-0.39, 0.29) is 18.0 Å². The third-order valence-electron chi connectivity index (χ3n) is 5.18. The topological polar surface area (TPSA) is 99.8 Å². The lowest BCUT2D eigenvalue weighted by Gasteiger charge is -2.24. The van der Waals surface area contributed by atoms with Gasteiger partial charge >= 0.3 is 5.97 Å². The molecule has 8 heteroatoms. The van der Waals surface area contributed by atoms with E-state index in [1.807, 2.05) is 53.1 Å². The molecular formula is C23H22N2O5S. The largest absolute Gasteiger partial charge is 0.480 e. The molecule has 2 N–H and O–H groups in total. The predicted molar refractivity (Wildman–Crippen MR) is 118 cm³/mol. The molecule has 0 bridgehead atoms. The van der Waals surface area contributed by atoms with Gasteiger partial charge < -0.3 is 14.8 Å². The molecule has 3 aromatic carbocycles. The Morgan fingerprint density at radius 2 is 1.39 bits per heavy atom. The van der Waals surface area contributed by atoms with Crippen LogP contribution in [0, 0.1) is 0 Å². The summed E-state index contributed by atoms with van der Waals surface area (Å²) in [4.78, 5) is 11.3. The molecule has 4 rings (SSSR count). The molecule has 0 fully saturated rings. The van der Waals surface area contributed by atoms with Gasteiger partial charge in [-0.2, -0.15) is 4.31 Å². The average Bonchev–Trinajstić information content (AvgIpc) is 3.07. The van der Waals surface area contributed by atoms with E-state index < -0.39 is 28.6 Å². The molecule has 0 aliphatic carbocycles. The first-order valence-corrected chi connectivity index (χ1v) is 11.2. The van der Waals surface area contributed by atoms with Crippen LogP contribution in [0.4, 0.5) is 0 Å². The maximum atomic E-state index is 13.0. The van der Waals surface area contributed by atoms with Crippen LogP contribution in [-0.2, 0) is 21.4 Å². The average molecular weight is 439 g/mol. The number of rotatable bonds is 8. The fraction of sp³-hybridized carbons (Fsp3) is 0.174. The number of hydrogen-bond donors (Lipinski definition) is 2. The number of aliphatic hydroxyl groups excluding tert-OH is 1. The highest BCUT2D eigenvalue weighted by atomic mass is 32.2. The number of aromatic nitrogens is 1. The van der Waals surface area contributed by atoms with Crippen molar-refractivity contribution in [2.75, 3.05) is 13.1 Å². The summed E-state index contributed by atoms with van der Waals surface area (Å²) in [6.07, 6.45) is -1.11. The third-order valence-corrected chi connectivity index (χ3v) is 7.01. The maximum absolute atomic E-state index is 13.0. The smallest absolute Gasteiger partial charge is 0.318 e. The first-order valence-electron chi connectivity index (χ1n) is 9.79. The Balaban J connectivity index is 1.66. The monoisotopic (exact) mass is 438 g/mol. The molecule has 4 aromatic rings. The van der Waals surface area contributed by atoms with Gasteiger partial charge in [0, 0.05) is 28.4 Å². The van der Waals surface area contributed by atoms with E-state index in [1.165, 1.54) is 12.1 Å². The van der Waals surface area contributed by atoms with Crippen molar-refractivity contribution in [1.82, 2.24) is 8.87 Å². The second kappa shape index (κ2) is 8.50. The fourth-order valence-corrected chi connectivity index (χ4v) is 5.29. The molecule has 1 atom stereocenters. The number of aliphatic carboxylic acids is 1. The van der Waals surface area contributed by atoms with Crippen LogP contribution < -0.4 is 0 Å². The normalized spacial score (nSPS) is 13.1. The highest BCUT2D eigenvalue weighted by Crippen LogP contribution is 2.29. The Hall–Kier alpha value is -3.20. The summed E-state index contributed by atoms with van der Waals surface area (Å²) in [5.41, 5.74) is 1.83. The number of carbonyl (C=O) groups is 1. The zero-order chi connectivity index (χ0) is 22.0. The van der Waals surface area contributed by atoms with Gasteiger partial charge in [0.2, 0.25) is 10.0 Å². The van der Waals surface area contributed by atoms with Crippen molar-refractivity contribution < 1.29 is 23.4 Å². The molecule has 0 unspecified atom stereocenters. The highest BCUT2D eigenvalue weighted by molar-refractivity contribution is 7.89. The van der Waals surface area contributed by atoms with Crippen molar-refractivity contribution >= 4 is 37.8 Å². The molecule has 0 radical (unpaired) electrons. The van der Waals surface area contributed by atoms with E-state index in [4.69, 9.17) is 0 Å². The van der Waals surface area contributed by atoms with E-state index in [1.54, 1.807) is 18.2 Å². The minimum Gasteiger partial charge on any atom is -0.480 e. The van der Waals surface area contributed by atoms with Gasteiger partial charge in [-0.1, -0.05) is 54.6 Å². The van der Waals surface area contributed by atoms with Crippen molar-refractivity contribution in [3.8, 4) is 0 Å². The number of sulfonamides is 1. The lowest BCUT2D eigenvalue weighted by Crippen LogP contribution is -2.41. The SMILES string of the molecule is O=C(O)CN(C[C@@H](O)Cn1c2ccccc2c2ccccc21)S(=O)(=O)c1ccccc1. The molecule has 0 saturated carbocycles. The standard InChI is InChI=1S/C23H22N2O5S/c26-17(14-24(16-23(27)28)31(29,30)18-8-2-1-3-9-18)15-25-21-12-6-4-10-19(21)20-11-5-7-13-22(20)25/h1-13,17,26H,14-16H2,(H,27,28)/t17-/m1/s1. The molecule has 160 valence electrons. The Bertz CT molecular complexity index is 1280. The lowest BCUT2D eigenvalue weighted by atomic mass is 10.2. The molecule has 1 aromatic heterocycles. The van der Waals surface area contributed by atoms with Crippen LogP contribution in [0.15, 0.2) is 83.8 Å². The first kappa shape index (κ1) is 21.0. The van der Waals surface area contributed by atoms with Crippen LogP contribution in [0.2, 0.25) is 0 Å². The summed E-state index contributed by atoms with van der Waals surface area (Å²) in [6.45, 7) is -0.958. The van der Waals surface area contributed by atoms with Gasteiger partial charge in [-0.3, -0.25) is 4.79 Å². The van der Waals surface area contributed by atoms with Gasteiger partial charge in [0.25, 0.3) is 0 Å². The zero-order valence-electron chi connectivity index (χ0n) is 16.6. The van der Waals surface area contributed by atoms with Crippen molar-refractivity contribution in [2.45, 2.75) is 17.5 Å². The van der Waals surface area contributed by atoms with Crippen LogP contribution in [-0.4, -0.2) is 52.7 Å². The number of benzene rings is 3. The number of nitrogens with zero attached hydrogens (tertiary/aromatic N) is 2. The zero-order valence-corrected chi connectivity index (χ0v) is 17.4. The van der Waals surface area contributed by atoms with E-state index >= 15 is 0 Å². The number of carboxylic acid groups (broad SMARTS) is 1. The summed E-state index contributed by atoms with van der Waals surface area (Å²) < 4.78 is 28.7. The summed E-state index contributed by atoms with van der Waals surface area (Å²) >= 11 is 0. The van der Waals surface area contributed by atoms with Crippen LogP contribution in [0.5, 0.6) is 0 Å². The number of aliphatic hydroxyl groups is 1. The van der Waals surface area contributed by atoms with Crippen molar-refractivity contribution in [3.63, 3.8) is 0 Å². The summed E-state index contributed by atoms with van der Waals surface area (Å²) in [5, 5.41) is 22.1. The molecule has 0 aliphatic rings. The van der Waals surface area contributed by atoms with Gasteiger partial charge in [-0.05, 0) is 24.3 Å². The summed E-state index contributed by atoms with van der Waals surface area (Å²) in [5.74, 6) is -1.29. The van der Waals surface area contributed by atoms with Crippen molar-refractivity contribution in [2.24, 2.45) is 0 Å². The van der Waals surface area contributed by atoms with Gasteiger partial charge in [0.15, 0.2) is 0 Å². The Morgan fingerprint density at radius 1 is 0.871 bits per heavy atom. The molecule has 0 saturated heterocycles. The number of carboxylic acids is 1. The van der Waals surface area contributed by atoms with Gasteiger partial charge in [-0.25, -0.2) is 8.42 Å². The van der Waals surface area contributed by atoms with Crippen molar-refractivity contribution in [1.29, 1.82) is 0 Å². The molecule has 1 heterocycles. The molecular weight excluding hydrogens is 416 g/mol. The summed E-state index contributed by atoms with van der Waals surface area (Å²) in [7, 11) is -4.07. The third kappa shape index (κ3) is 4.18. The van der Waals surface area contributed by atoms with E-state index in [0.717, 1.165) is 26.1 Å². The maximum Gasteiger partial charge on any atom is 0.318 e. The van der Waals surface area contributed by atoms with E-state index in [2.05, 4.69) is 0 Å². The lowest BCUT2D eigenvalue weighted by molar-refractivity contribution is -0.137. The molecule has 0 amide bonds.